The second-order valence-electron chi connectivity index (χ2n) is 4.89. The summed E-state index contributed by atoms with van der Waals surface area (Å²) in [6, 6.07) is 0. The number of rotatable bonds is 8. The zero-order valence-electron chi connectivity index (χ0n) is 10.4. The zero-order valence-corrected chi connectivity index (χ0v) is 11.2. The van der Waals surface area contributed by atoms with Gasteiger partial charge in [0.1, 0.15) is 0 Å². The van der Waals surface area contributed by atoms with Crippen molar-refractivity contribution < 1.29 is 23.4 Å². The van der Waals surface area contributed by atoms with Crippen LogP contribution in [0.2, 0.25) is 0 Å². The summed E-state index contributed by atoms with van der Waals surface area (Å²) in [6.07, 6.45) is 0.0239. The molecule has 0 amide bonds. The highest BCUT2D eigenvalue weighted by Gasteiger charge is 2.26. The molecule has 1 atom stereocenters. The molecular formula is C10H21NO5S. The minimum absolute atomic E-state index is 0.0200. The molecule has 0 fully saturated rings. The Kier molecular flexibility index (Phi) is 6.08. The monoisotopic (exact) mass is 267 g/mol. The number of aliphatic hydroxyl groups is 1. The van der Waals surface area contributed by atoms with Gasteiger partial charge < -0.3 is 10.2 Å². The van der Waals surface area contributed by atoms with E-state index < -0.39 is 28.0 Å². The van der Waals surface area contributed by atoms with Crippen molar-refractivity contribution in [1.82, 2.24) is 4.72 Å². The molecule has 0 radical (unpaired) electrons. The molecule has 1 unspecified atom stereocenters. The average Bonchev–Trinajstić information content (AvgIpc) is 2.10. The fourth-order valence-corrected chi connectivity index (χ4v) is 2.57. The molecule has 0 heterocycles. The molecular weight excluding hydrogens is 246 g/mol. The van der Waals surface area contributed by atoms with E-state index in [0.717, 1.165) is 0 Å². The molecule has 0 aromatic heterocycles. The van der Waals surface area contributed by atoms with Gasteiger partial charge in [0, 0.05) is 6.54 Å². The lowest BCUT2D eigenvalue weighted by molar-refractivity contribution is -0.141. The van der Waals surface area contributed by atoms with E-state index in [1.54, 1.807) is 0 Å². The molecule has 3 N–H and O–H groups in total. The lowest BCUT2D eigenvalue weighted by atomic mass is 10.0. The highest BCUT2D eigenvalue weighted by atomic mass is 32.2. The standard InChI is InChI=1S/C10H21NO5S/c1-8(2)4-5-17(15,16)11-7-10(3,14)6-9(12)13/h8,11,14H,4-7H2,1-3H3,(H,12,13). The number of carboxylic acid groups (broad SMARTS) is 1. The van der Waals surface area contributed by atoms with Gasteiger partial charge in [-0.3, -0.25) is 4.79 Å². The highest BCUT2D eigenvalue weighted by molar-refractivity contribution is 7.89. The lowest BCUT2D eigenvalue weighted by Gasteiger charge is -2.21. The van der Waals surface area contributed by atoms with Crippen LogP contribution in [0, 0.1) is 5.92 Å². The van der Waals surface area contributed by atoms with Crippen LogP contribution in [0.1, 0.15) is 33.6 Å². The van der Waals surface area contributed by atoms with Crippen LogP contribution in [0.5, 0.6) is 0 Å². The maximum absolute atomic E-state index is 11.5. The molecule has 0 rings (SSSR count). The van der Waals surface area contributed by atoms with Gasteiger partial charge in [0.25, 0.3) is 0 Å². The Morgan fingerprint density at radius 3 is 2.35 bits per heavy atom. The number of aliphatic carboxylic acids is 1. The first-order chi connectivity index (χ1) is 7.54. The second-order valence-corrected chi connectivity index (χ2v) is 6.82. The molecule has 0 aliphatic heterocycles. The highest BCUT2D eigenvalue weighted by Crippen LogP contribution is 2.09. The third-order valence-corrected chi connectivity index (χ3v) is 3.53. The largest absolute Gasteiger partial charge is 0.481 e. The van der Waals surface area contributed by atoms with E-state index in [1.165, 1.54) is 6.92 Å². The summed E-state index contributed by atoms with van der Waals surface area (Å²) in [4.78, 5) is 10.4. The van der Waals surface area contributed by atoms with Gasteiger partial charge in [-0.25, -0.2) is 13.1 Å². The Hall–Kier alpha value is -0.660. The van der Waals surface area contributed by atoms with Crippen LogP contribution < -0.4 is 4.72 Å². The summed E-state index contributed by atoms with van der Waals surface area (Å²) in [5.41, 5.74) is -1.57. The summed E-state index contributed by atoms with van der Waals surface area (Å²) in [5, 5.41) is 18.1. The van der Waals surface area contributed by atoms with E-state index in [-0.39, 0.29) is 18.2 Å². The van der Waals surface area contributed by atoms with Gasteiger partial charge in [0.05, 0.1) is 17.8 Å². The first kappa shape index (κ1) is 16.3. The predicted octanol–water partition coefficient (Wildman–Crippen LogP) is 0.178. The Morgan fingerprint density at radius 1 is 1.41 bits per heavy atom. The summed E-state index contributed by atoms with van der Waals surface area (Å²) < 4.78 is 25.2. The van der Waals surface area contributed by atoms with Crippen LogP contribution in [0.4, 0.5) is 0 Å². The molecule has 0 aliphatic carbocycles. The normalized spacial score (nSPS) is 15.8. The molecule has 0 aliphatic rings. The Labute approximate surface area is 102 Å². The summed E-state index contributed by atoms with van der Waals surface area (Å²) in [5.74, 6) is -0.921. The Morgan fingerprint density at radius 2 is 1.94 bits per heavy atom. The van der Waals surface area contributed by atoms with Crippen LogP contribution in [0.3, 0.4) is 0 Å². The quantitative estimate of drug-likeness (QED) is 0.582. The molecule has 0 saturated heterocycles. The van der Waals surface area contributed by atoms with Crippen LogP contribution in [-0.2, 0) is 14.8 Å². The fourth-order valence-electron chi connectivity index (χ4n) is 1.12. The van der Waals surface area contributed by atoms with Crippen molar-refractivity contribution in [2.24, 2.45) is 5.92 Å². The van der Waals surface area contributed by atoms with Gasteiger partial charge in [-0.1, -0.05) is 13.8 Å². The molecule has 0 saturated carbocycles. The second kappa shape index (κ2) is 6.32. The van der Waals surface area contributed by atoms with Crippen molar-refractivity contribution >= 4 is 16.0 Å². The van der Waals surface area contributed by atoms with Crippen molar-refractivity contribution in [3.63, 3.8) is 0 Å². The summed E-state index contributed by atoms with van der Waals surface area (Å²) >= 11 is 0. The lowest BCUT2D eigenvalue weighted by Crippen LogP contribution is -2.42. The summed E-state index contributed by atoms with van der Waals surface area (Å²) in [7, 11) is -3.45. The fraction of sp³-hybridized carbons (Fsp3) is 0.900. The van der Waals surface area contributed by atoms with Gasteiger partial charge in [0.2, 0.25) is 10.0 Å². The van der Waals surface area contributed by atoms with Gasteiger partial charge in [-0.2, -0.15) is 0 Å². The first-order valence-corrected chi connectivity index (χ1v) is 7.11. The van der Waals surface area contributed by atoms with Crippen molar-refractivity contribution in [3.05, 3.63) is 0 Å². The molecule has 0 aromatic rings. The van der Waals surface area contributed by atoms with Gasteiger partial charge >= 0.3 is 5.97 Å². The maximum Gasteiger partial charge on any atom is 0.306 e. The summed E-state index contributed by atoms with van der Waals surface area (Å²) in [6.45, 7) is 4.82. The minimum atomic E-state index is -3.45. The molecule has 102 valence electrons. The van der Waals surface area contributed by atoms with Gasteiger partial charge in [0.15, 0.2) is 0 Å². The van der Waals surface area contributed by atoms with Crippen LogP contribution in [0.25, 0.3) is 0 Å². The zero-order chi connectivity index (χ0) is 13.7. The number of nitrogens with one attached hydrogen (secondary N) is 1. The number of sulfonamides is 1. The van der Waals surface area contributed by atoms with Crippen molar-refractivity contribution in [3.8, 4) is 0 Å². The van der Waals surface area contributed by atoms with Crippen LogP contribution >= 0.6 is 0 Å². The molecule has 6 nitrogen and oxygen atoms in total. The van der Waals surface area contributed by atoms with E-state index in [0.29, 0.717) is 6.42 Å². The van der Waals surface area contributed by atoms with Crippen LogP contribution in [-0.4, -0.2) is 42.5 Å². The van der Waals surface area contributed by atoms with E-state index in [1.807, 2.05) is 13.8 Å². The SMILES string of the molecule is CC(C)CCS(=O)(=O)NCC(C)(O)CC(=O)O. The Balaban J connectivity index is 4.21. The Bertz CT molecular complexity index is 348. The number of carbonyl (C=O) groups is 1. The van der Waals surface area contributed by atoms with E-state index in [9.17, 15) is 18.3 Å². The first-order valence-electron chi connectivity index (χ1n) is 5.45. The molecule has 0 aromatic carbocycles. The van der Waals surface area contributed by atoms with Gasteiger partial charge in [-0.05, 0) is 19.3 Å². The minimum Gasteiger partial charge on any atom is -0.481 e. The number of hydrogen-bond acceptors (Lipinski definition) is 4. The average molecular weight is 267 g/mol. The molecule has 0 spiro atoms. The van der Waals surface area contributed by atoms with Crippen molar-refractivity contribution in [1.29, 1.82) is 0 Å². The smallest absolute Gasteiger partial charge is 0.306 e. The molecule has 0 bridgehead atoms. The van der Waals surface area contributed by atoms with Crippen molar-refractivity contribution in [2.45, 2.75) is 39.2 Å². The topological polar surface area (TPSA) is 104 Å². The van der Waals surface area contributed by atoms with Gasteiger partial charge in [-0.15, -0.1) is 0 Å². The van der Waals surface area contributed by atoms with E-state index in [4.69, 9.17) is 5.11 Å². The van der Waals surface area contributed by atoms with Crippen molar-refractivity contribution in [2.75, 3.05) is 12.3 Å². The third-order valence-electron chi connectivity index (χ3n) is 2.17. The number of carboxylic acids is 1. The van der Waals surface area contributed by atoms with Crippen LogP contribution in [0.15, 0.2) is 0 Å². The molecule has 7 heteroatoms. The third kappa shape index (κ3) is 9.08. The van der Waals surface area contributed by atoms with E-state index >= 15 is 0 Å². The maximum atomic E-state index is 11.5. The number of hydrogen-bond donors (Lipinski definition) is 3. The molecule has 17 heavy (non-hydrogen) atoms. The van der Waals surface area contributed by atoms with E-state index in [2.05, 4.69) is 4.72 Å². The predicted molar refractivity (Wildman–Crippen MR) is 64.1 cm³/mol.